The van der Waals surface area contributed by atoms with Gasteiger partial charge in [-0.05, 0) is 37.3 Å². The molecule has 1 N–H and O–H groups in total. The van der Waals surface area contributed by atoms with Gasteiger partial charge in [0, 0.05) is 30.7 Å². The van der Waals surface area contributed by atoms with Crippen LogP contribution in [0.4, 0.5) is 0 Å². The minimum absolute atomic E-state index is 0.107. The first-order valence-corrected chi connectivity index (χ1v) is 7.06. The number of halogens is 1. The van der Waals surface area contributed by atoms with Gasteiger partial charge in [-0.3, -0.25) is 14.6 Å². The lowest BCUT2D eigenvalue weighted by Crippen LogP contribution is -2.38. The molecule has 2 rings (SSSR count). The van der Waals surface area contributed by atoms with Crippen LogP contribution in [0.1, 0.15) is 36.2 Å². The number of rotatable bonds is 4. The number of carboxylic acid groups (broad SMARTS) is 1. The summed E-state index contributed by atoms with van der Waals surface area (Å²) in [7, 11) is 0. The zero-order valence-electron chi connectivity index (χ0n) is 11.1. The lowest BCUT2D eigenvalue weighted by Gasteiger charge is -2.31. The first kappa shape index (κ1) is 14.8. The second-order valence-corrected chi connectivity index (χ2v) is 5.46. The normalized spacial score (nSPS) is 16.1. The van der Waals surface area contributed by atoms with E-state index in [4.69, 9.17) is 16.7 Å². The molecule has 0 aromatic carbocycles. The molecule has 20 heavy (non-hydrogen) atoms. The number of amides is 1. The second kappa shape index (κ2) is 6.70. The van der Waals surface area contributed by atoms with E-state index in [-0.39, 0.29) is 12.3 Å². The van der Waals surface area contributed by atoms with Crippen LogP contribution in [0.25, 0.3) is 0 Å². The number of hydrogen-bond donors (Lipinski definition) is 1. The van der Waals surface area contributed by atoms with Crippen molar-refractivity contribution < 1.29 is 14.7 Å². The molecule has 0 atom stereocenters. The monoisotopic (exact) mass is 296 g/mol. The number of carboxylic acids is 1. The fraction of sp³-hybridized carbons (Fsp3) is 0.500. The fourth-order valence-corrected chi connectivity index (χ4v) is 2.60. The van der Waals surface area contributed by atoms with Crippen molar-refractivity contribution in [1.82, 2.24) is 9.88 Å². The van der Waals surface area contributed by atoms with E-state index in [0.717, 1.165) is 12.8 Å². The molecule has 1 aliphatic heterocycles. The molecular weight excluding hydrogens is 280 g/mol. The number of carbonyl (C=O) groups is 2. The molecule has 6 heteroatoms. The average Bonchev–Trinajstić information content (AvgIpc) is 2.45. The van der Waals surface area contributed by atoms with Gasteiger partial charge in [0.1, 0.15) is 5.69 Å². The van der Waals surface area contributed by atoms with E-state index in [1.165, 1.54) is 6.20 Å². The number of carbonyl (C=O) groups excluding carboxylic acids is 1. The first-order chi connectivity index (χ1) is 9.56. The zero-order valence-corrected chi connectivity index (χ0v) is 11.8. The summed E-state index contributed by atoms with van der Waals surface area (Å²) in [5, 5.41) is 9.17. The molecule has 0 spiro atoms. The third-order valence-corrected chi connectivity index (χ3v) is 3.84. The lowest BCUT2D eigenvalue weighted by molar-refractivity contribution is -0.137. The van der Waals surface area contributed by atoms with Crippen molar-refractivity contribution in [2.24, 2.45) is 5.92 Å². The molecule has 0 unspecified atom stereocenters. The highest BCUT2D eigenvalue weighted by Crippen LogP contribution is 2.23. The molecular formula is C14H17ClN2O3. The second-order valence-electron chi connectivity index (χ2n) is 5.03. The molecule has 1 fully saturated rings. The minimum Gasteiger partial charge on any atom is -0.481 e. The van der Waals surface area contributed by atoms with Gasteiger partial charge in [-0.2, -0.15) is 0 Å². The summed E-state index contributed by atoms with van der Waals surface area (Å²) in [4.78, 5) is 28.6. The number of hydrogen-bond acceptors (Lipinski definition) is 3. The van der Waals surface area contributed by atoms with Gasteiger partial charge >= 0.3 is 5.97 Å². The largest absolute Gasteiger partial charge is 0.481 e. The molecule has 1 aromatic heterocycles. The lowest BCUT2D eigenvalue weighted by atomic mass is 9.92. The van der Waals surface area contributed by atoms with Crippen molar-refractivity contribution in [1.29, 1.82) is 0 Å². The Hall–Kier alpha value is -1.62. The smallest absolute Gasteiger partial charge is 0.303 e. The first-order valence-electron chi connectivity index (χ1n) is 6.69. The van der Waals surface area contributed by atoms with Gasteiger partial charge in [0.15, 0.2) is 0 Å². The third-order valence-electron chi connectivity index (χ3n) is 3.61. The van der Waals surface area contributed by atoms with Gasteiger partial charge in [-0.15, -0.1) is 0 Å². The number of nitrogens with zero attached hydrogens (tertiary/aromatic N) is 2. The van der Waals surface area contributed by atoms with E-state index >= 15 is 0 Å². The fourth-order valence-electron chi connectivity index (χ4n) is 2.44. The predicted molar refractivity (Wildman–Crippen MR) is 74.7 cm³/mol. The van der Waals surface area contributed by atoms with E-state index in [1.807, 2.05) is 0 Å². The molecule has 1 saturated heterocycles. The quantitative estimate of drug-likeness (QED) is 0.926. The highest BCUT2D eigenvalue weighted by Gasteiger charge is 2.24. The molecule has 0 radical (unpaired) electrons. The van der Waals surface area contributed by atoms with E-state index in [9.17, 15) is 9.59 Å². The molecule has 0 saturated carbocycles. The molecule has 0 bridgehead atoms. The molecule has 2 heterocycles. The summed E-state index contributed by atoms with van der Waals surface area (Å²) in [5.74, 6) is -0.474. The van der Waals surface area contributed by atoms with Crippen LogP contribution in [0.5, 0.6) is 0 Å². The predicted octanol–water partition coefficient (Wildman–Crippen LogP) is 2.45. The molecule has 5 nitrogen and oxygen atoms in total. The van der Waals surface area contributed by atoms with Crippen LogP contribution < -0.4 is 0 Å². The van der Waals surface area contributed by atoms with Crippen molar-refractivity contribution >= 4 is 23.5 Å². The highest BCUT2D eigenvalue weighted by atomic mass is 35.5. The van der Waals surface area contributed by atoms with E-state index in [1.54, 1.807) is 17.0 Å². The van der Waals surface area contributed by atoms with Crippen molar-refractivity contribution in [2.75, 3.05) is 13.1 Å². The molecule has 0 aliphatic carbocycles. The maximum atomic E-state index is 12.2. The van der Waals surface area contributed by atoms with Crippen LogP contribution in [-0.2, 0) is 4.79 Å². The van der Waals surface area contributed by atoms with Crippen molar-refractivity contribution in [3.8, 4) is 0 Å². The third kappa shape index (κ3) is 3.93. The van der Waals surface area contributed by atoms with Crippen LogP contribution in [0.3, 0.4) is 0 Å². The van der Waals surface area contributed by atoms with Crippen LogP contribution in [0.2, 0.25) is 5.02 Å². The van der Waals surface area contributed by atoms with Gasteiger partial charge in [-0.1, -0.05) is 11.6 Å². The molecule has 1 amide bonds. The molecule has 1 aromatic rings. The van der Waals surface area contributed by atoms with Crippen LogP contribution in [0, 0.1) is 5.92 Å². The van der Waals surface area contributed by atoms with Gasteiger partial charge < -0.3 is 10.0 Å². The van der Waals surface area contributed by atoms with Gasteiger partial charge in [0.2, 0.25) is 0 Å². The highest BCUT2D eigenvalue weighted by molar-refractivity contribution is 6.30. The Morgan fingerprint density at radius 3 is 2.70 bits per heavy atom. The summed E-state index contributed by atoms with van der Waals surface area (Å²) in [6, 6.07) is 3.21. The average molecular weight is 297 g/mol. The standard InChI is InChI=1S/C14H17ClN2O3/c15-11-3-6-16-12(9-11)14(20)17-7-4-10(5-8-17)1-2-13(18)19/h3,6,9-10H,1-2,4-5,7-8H2,(H,18,19). The Labute approximate surface area is 122 Å². The van der Waals surface area contributed by atoms with Crippen molar-refractivity contribution in [3.63, 3.8) is 0 Å². The summed E-state index contributed by atoms with van der Waals surface area (Å²) >= 11 is 5.86. The zero-order chi connectivity index (χ0) is 14.5. The van der Waals surface area contributed by atoms with Crippen LogP contribution >= 0.6 is 11.6 Å². The number of likely N-dealkylation sites (tertiary alicyclic amines) is 1. The Balaban J connectivity index is 1.87. The van der Waals surface area contributed by atoms with Gasteiger partial charge in [0.05, 0.1) is 0 Å². The Morgan fingerprint density at radius 2 is 2.10 bits per heavy atom. The van der Waals surface area contributed by atoms with Gasteiger partial charge in [-0.25, -0.2) is 0 Å². The van der Waals surface area contributed by atoms with Crippen LogP contribution in [-0.4, -0.2) is 40.0 Å². The number of aliphatic carboxylic acids is 1. The minimum atomic E-state index is -0.758. The maximum Gasteiger partial charge on any atom is 0.303 e. The summed E-state index contributed by atoms with van der Waals surface area (Å²) in [6.07, 6.45) is 4.11. The molecule has 1 aliphatic rings. The Bertz CT molecular complexity index is 499. The number of pyridine rings is 1. The number of aromatic nitrogens is 1. The number of piperidine rings is 1. The summed E-state index contributed by atoms with van der Waals surface area (Å²) in [6.45, 7) is 1.30. The van der Waals surface area contributed by atoms with Crippen molar-refractivity contribution in [3.05, 3.63) is 29.0 Å². The topological polar surface area (TPSA) is 70.5 Å². The van der Waals surface area contributed by atoms with E-state index in [0.29, 0.717) is 36.1 Å². The van der Waals surface area contributed by atoms with Crippen molar-refractivity contribution in [2.45, 2.75) is 25.7 Å². The van der Waals surface area contributed by atoms with E-state index < -0.39 is 5.97 Å². The van der Waals surface area contributed by atoms with Gasteiger partial charge in [0.25, 0.3) is 5.91 Å². The SMILES string of the molecule is O=C(O)CCC1CCN(C(=O)c2cc(Cl)ccn2)CC1. The molecule has 108 valence electrons. The Morgan fingerprint density at radius 1 is 1.40 bits per heavy atom. The van der Waals surface area contributed by atoms with E-state index in [2.05, 4.69) is 4.98 Å². The summed E-state index contributed by atoms with van der Waals surface area (Å²) in [5.41, 5.74) is 0.362. The maximum absolute atomic E-state index is 12.2. The van der Waals surface area contributed by atoms with Crippen LogP contribution in [0.15, 0.2) is 18.3 Å². The summed E-state index contributed by atoms with van der Waals surface area (Å²) < 4.78 is 0. The Kier molecular flexibility index (Phi) is 4.95.